The molecule has 0 bridgehead atoms. The second-order valence-electron chi connectivity index (χ2n) is 9.94. The minimum Gasteiger partial charge on any atom is -0.508 e. The molecule has 222 valence electrons. The number of rotatable bonds is 6. The number of phenolic OH excluding ortho intramolecular Hbond substituents is 2. The summed E-state index contributed by atoms with van der Waals surface area (Å²) in [6.07, 6.45) is -15.3. The molecule has 0 aliphatic carbocycles. The van der Waals surface area contributed by atoms with Crippen LogP contribution in [0.25, 0.3) is 22.3 Å². The highest BCUT2D eigenvalue weighted by atomic mass is 16.8. The standard InChI is InChI=1S/C27H30O14/c1-10-20(32)22(34)24(36)26(37-10)41-25-23(35)21(33)18(9-28)40-27(25)38-13-6-14(30)19-15(31)8-16(39-17(19)7-13)11-2-4-12(29)5-3-11/h2-8,10,18,20-30,32-36H,9H2,1H3/t10-,18-,20+,21-,22-,23+,24-,25+,26+,27-/m1/s1. The Bertz CT molecular complexity index is 1420. The molecule has 0 radical (unpaired) electrons. The zero-order valence-electron chi connectivity index (χ0n) is 21.5. The van der Waals surface area contributed by atoms with E-state index in [1.54, 1.807) is 0 Å². The zero-order valence-corrected chi connectivity index (χ0v) is 21.5. The van der Waals surface area contributed by atoms with E-state index < -0.39 is 79.2 Å². The third-order valence-electron chi connectivity index (χ3n) is 7.11. The van der Waals surface area contributed by atoms with Crippen molar-refractivity contribution in [3.63, 3.8) is 0 Å². The predicted molar refractivity (Wildman–Crippen MR) is 137 cm³/mol. The summed E-state index contributed by atoms with van der Waals surface area (Å²) >= 11 is 0. The summed E-state index contributed by atoms with van der Waals surface area (Å²) in [5, 5.41) is 81.4. The molecule has 41 heavy (non-hydrogen) atoms. The van der Waals surface area contributed by atoms with Gasteiger partial charge in [-0.3, -0.25) is 4.79 Å². The molecule has 2 aliphatic rings. The van der Waals surface area contributed by atoms with Crippen molar-refractivity contribution in [1.29, 1.82) is 0 Å². The van der Waals surface area contributed by atoms with E-state index in [2.05, 4.69) is 0 Å². The molecule has 2 fully saturated rings. The number of hydrogen-bond acceptors (Lipinski definition) is 14. The summed E-state index contributed by atoms with van der Waals surface area (Å²) in [7, 11) is 0. The van der Waals surface area contributed by atoms with Crippen molar-refractivity contribution in [1.82, 2.24) is 0 Å². The summed E-state index contributed by atoms with van der Waals surface area (Å²) in [6, 6.07) is 9.38. The first-order valence-corrected chi connectivity index (χ1v) is 12.7. The number of hydrogen-bond donors (Lipinski definition) is 8. The Morgan fingerprint density at radius 1 is 0.829 bits per heavy atom. The first kappa shape index (κ1) is 29.2. The van der Waals surface area contributed by atoms with Crippen molar-refractivity contribution >= 4 is 11.0 Å². The second kappa shape index (κ2) is 11.5. The number of aromatic hydroxyl groups is 2. The van der Waals surface area contributed by atoms with Crippen molar-refractivity contribution in [2.75, 3.05) is 6.61 Å². The van der Waals surface area contributed by atoms with E-state index in [1.165, 1.54) is 43.3 Å². The van der Waals surface area contributed by atoms with E-state index in [-0.39, 0.29) is 28.2 Å². The smallest absolute Gasteiger partial charge is 0.229 e. The molecular weight excluding hydrogens is 548 g/mol. The van der Waals surface area contributed by atoms with Crippen LogP contribution < -0.4 is 10.2 Å². The molecule has 3 aromatic rings. The fourth-order valence-electron chi connectivity index (χ4n) is 4.79. The second-order valence-corrected chi connectivity index (χ2v) is 9.94. The molecule has 2 aliphatic heterocycles. The van der Waals surface area contributed by atoms with Crippen molar-refractivity contribution in [3.8, 4) is 28.6 Å². The van der Waals surface area contributed by atoms with Gasteiger partial charge in [-0.2, -0.15) is 0 Å². The third-order valence-corrected chi connectivity index (χ3v) is 7.11. The van der Waals surface area contributed by atoms with Crippen LogP contribution in [0.5, 0.6) is 17.2 Å². The quantitative estimate of drug-likeness (QED) is 0.174. The third kappa shape index (κ3) is 5.61. The summed E-state index contributed by atoms with van der Waals surface area (Å²) in [4.78, 5) is 12.8. The Balaban J connectivity index is 1.47. The van der Waals surface area contributed by atoms with Gasteiger partial charge in [0.2, 0.25) is 6.29 Å². The van der Waals surface area contributed by atoms with E-state index in [0.717, 1.165) is 6.07 Å². The Kier molecular flexibility index (Phi) is 8.20. The molecule has 5 rings (SSSR count). The number of fused-ring (bicyclic) bond motifs is 1. The van der Waals surface area contributed by atoms with Gasteiger partial charge in [-0.25, -0.2) is 0 Å². The minimum atomic E-state index is -1.76. The van der Waals surface area contributed by atoms with Gasteiger partial charge in [0.1, 0.15) is 70.6 Å². The van der Waals surface area contributed by atoms with Crippen molar-refractivity contribution in [3.05, 3.63) is 52.7 Å². The van der Waals surface area contributed by atoms with Gasteiger partial charge in [0.15, 0.2) is 17.8 Å². The van der Waals surface area contributed by atoms with Crippen LogP contribution in [0.15, 0.2) is 51.7 Å². The fourth-order valence-corrected chi connectivity index (χ4v) is 4.79. The molecular formula is C27H30O14. The molecule has 3 heterocycles. The number of ether oxygens (including phenoxy) is 4. The van der Waals surface area contributed by atoms with Gasteiger partial charge in [-0.15, -0.1) is 0 Å². The Hall–Kier alpha value is -3.31. The molecule has 2 aromatic carbocycles. The topological polar surface area (TPSA) is 229 Å². The lowest BCUT2D eigenvalue weighted by Gasteiger charge is -2.45. The van der Waals surface area contributed by atoms with Crippen LogP contribution in [-0.4, -0.2) is 109 Å². The van der Waals surface area contributed by atoms with E-state index in [1.807, 2.05) is 0 Å². The Morgan fingerprint density at radius 2 is 1.54 bits per heavy atom. The molecule has 14 nitrogen and oxygen atoms in total. The number of aliphatic hydroxyl groups is 6. The largest absolute Gasteiger partial charge is 0.508 e. The van der Waals surface area contributed by atoms with Gasteiger partial charge in [-0.1, -0.05) is 0 Å². The lowest BCUT2D eigenvalue weighted by Crippen LogP contribution is -2.64. The summed E-state index contributed by atoms with van der Waals surface area (Å²) in [5.41, 5.74) is -0.182. The SMILES string of the molecule is C[C@H]1O[C@@H](O[C@@H]2[C@H](Oc3cc(O)c4c(=O)cc(-c5ccc(O)cc5)oc4c3)O[C@H](CO)[C@@H](O)[C@@H]2O)[C@H](O)[C@H](O)[C@H]1O. The highest BCUT2D eigenvalue weighted by Crippen LogP contribution is 2.35. The fraction of sp³-hybridized carbons (Fsp3) is 0.444. The Labute approximate surface area is 231 Å². The maximum Gasteiger partial charge on any atom is 0.229 e. The van der Waals surface area contributed by atoms with Gasteiger partial charge < -0.3 is 64.2 Å². The number of aliphatic hydroxyl groups excluding tert-OH is 6. The minimum absolute atomic E-state index is 0.00857. The van der Waals surface area contributed by atoms with Crippen molar-refractivity contribution in [2.24, 2.45) is 0 Å². The molecule has 1 aromatic heterocycles. The summed E-state index contributed by atoms with van der Waals surface area (Å²) in [6.45, 7) is 0.704. The van der Waals surface area contributed by atoms with Crippen LogP contribution in [0.2, 0.25) is 0 Å². The highest BCUT2D eigenvalue weighted by Gasteiger charge is 2.50. The van der Waals surface area contributed by atoms with E-state index in [0.29, 0.717) is 5.56 Å². The lowest BCUT2D eigenvalue weighted by molar-refractivity contribution is -0.354. The monoisotopic (exact) mass is 578 g/mol. The molecule has 0 amide bonds. The first-order valence-electron chi connectivity index (χ1n) is 12.7. The van der Waals surface area contributed by atoms with Gasteiger partial charge in [0.05, 0.1) is 12.7 Å². The molecule has 8 N–H and O–H groups in total. The zero-order chi connectivity index (χ0) is 29.6. The van der Waals surface area contributed by atoms with Crippen LogP contribution in [0.3, 0.4) is 0 Å². The molecule has 0 saturated carbocycles. The highest BCUT2D eigenvalue weighted by molar-refractivity contribution is 5.86. The van der Waals surface area contributed by atoms with E-state index in [4.69, 9.17) is 23.4 Å². The molecule has 0 unspecified atom stereocenters. The van der Waals surface area contributed by atoms with Crippen molar-refractivity contribution < 1.29 is 64.2 Å². The predicted octanol–water partition coefficient (Wildman–Crippen LogP) is -1.10. The molecule has 2 saturated heterocycles. The van der Waals surface area contributed by atoms with Crippen LogP contribution in [0, 0.1) is 0 Å². The normalized spacial score (nSPS) is 34.0. The molecule has 0 spiro atoms. The van der Waals surface area contributed by atoms with Crippen molar-refractivity contribution in [2.45, 2.75) is 68.3 Å². The maximum atomic E-state index is 12.8. The number of benzene rings is 2. The van der Waals surface area contributed by atoms with Gasteiger partial charge in [0.25, 0.3) is 0 Å². The van der Waals surface area contributed by atoms with Crippen LogP contribution in [0.4, 0.5) is 0 Å². The van der Waals surface area contributed by atoms with Crippen LogP contribution >= 0.6 is 0 Å². The molecule has 10 atom stereocenters. The average Bonchev–Trinajstić information content (AvgIpc) is 2.94. The maximum absolute atomic E-state index is 12.8. The lowest BCUT2D eigenvalue weighted by atomic mass is 9.97. The summed E-state index contributed by atoms with van der Waals surface area (Å²) in [5.74, 6) is -0.498. The van der Waals surface area contributed by atoms with Gasteiger partial charge >= 0.3 is 0 Å². The first-order chi connectivity index (χ1) is 19.5. The van der Waals surface area contributed by atoms with Gasteiger partial charge in [0, 0.05) is 23.8 Å². The Morgan fingerprint density at radius 3 is 2.22 bits per heavy atom. The van der Waals surface area contributed by atoms with Crippen LogP contribution in [-0.2, 0) is 14.2 Å². The summed E-state index contributed by atoms with van der Waals surface area (Å²) < 4.78 is 28.4. The van der Waals surface area contributed by atoms with Gasteiger partial charge in [-0.05, 0) is 31.2 Å². The molecule has 14 heteroatoms. The number of phenols is 2. The average molecular weight is 579 g/mol. The van der Waals surface area contributed by atoms with E-state index >= 15 is 0 Å². The van der Waals surface area contributed by atoms with E-state index in [9.17, 15) is 45.6 Å². The van der Waals surface area contributed by atoms with Crippen LogP contribution in [0.1, 0.15) is 6.92 Å².